The topological polar surface area (TPSA) is 38.0 Å². The first-order chi connectivity index (χ1) is 9.67. The number of hydrogen-bond donors (Lipinski definition) is 1. The standard InChI is InChI=1S/C17H24N2O/c1-4-6-7-15-16(14-10-8-13(3)9-11-14)18-19(12-5-2)17(15)20/h8-11,20H,4-7,12H2,1-3H3. The molecule has 0 saturated carbocycles. The summed E-state index contributed by atoms with van der Waals surface area (Å²) in [6, 6.07) is 8.36. The average Bonchev–Trinajstić information content (AvgIpc) is 2.75. The van der Waals surface area contributed by atoms with E-state index in [0.29, 0.717) is 5.88 Å². The minimum atomic E-state index is 0.343. The number of benzene rings is 1. The van der Waals surface area contributed by atoms with E-state index < -0.39 is 0 Å². The van der Waals surface area contributed by atoms with E-state index in [1.807, 2.05) is 0 Å². The molecule has 0 bridgehead atoms. The van der Waals surface area contributed by atoms with E-state index in [1.165, 1.54) is 5.56 Å². The van der Waals surface area contributed by atoms with Crippen LogP contribution in [0.5, 0.6) is 5.88 Å². The SMILES string of the molecule is CCCCc1c(-c2ccc(C)cc2)nn(CCC)c1O. The van der Waals surface area contributed by atoms with Gasteiger partial charge < -0.3 is 5.11 Å². The molecule has 1 heterocycles. The van der Waals surface area contributed by atoms with Gasteiger partial charge in [0.25, 0.3) is 0 Å². The molecule has 0 spiro atoms. The van der Waals surface area contributed by atoms with Gasteiger partial charge in [0, 0.05) is 17.7 Å². The van der Waals surface area contributed by atoms with Gasteiger partial charge in [0.15, 0.2) is 0 Å². The zero-order chi connectivity index (χ0) is 14.5. The summed E-state index contributed by atoms with van der Waals surface area (Å²) in [5.74, 6) is 0.343. The van der Waals surface area contributed by atoms with Crippen molar-refractivity contribution in [1.82, 2.24) is 9.78 Å². The molecule has 20 heavy (non-hydrogen) atoms. The lowest BCUT2D eigenvalue weighted by molar-refractivity contribution is 0.392. The van der Waals surface area contributed by atoms with E-state index in [4.69, 9.17) is 0 Å². The minimum Gasteiger partial charge on any atom is -0.493 e. The Labute approximate surface area is 121 Å². The lowest BCUT2D eigenvalue weighted by Crippen LogP contribution is -1.98. The highest BCUT2D eigenvalue weighted by Gasteiger charge is 2.17. The van der Waals surface area contributed by atoms with Gasteiger partial charge in [-0.1, -0.05) is 50.1 Å². The van der Waals surface area contributed by atoms with Crippen molar-refractivity contribution in [2.24, 2.45) is 0 Å². The van der Waals surface area contributed by atoms with Crippen LogP contribution in [0.1, 0.15) is 44.2 Å². The van der Waals surface area contributed by atoms with Gasteiger partial charge in [-0.3, -0.25) is 0 Å². The molecule has 0 amide bonds. The van der Waals surface area contributed by atoms with Gasteiger partial charge in [0.05, 0.1) is 5.69 Å². The summed E-state index contributed by atoms with van der Waals surface area (Å²) in [5, 5.41) is 15.0. The van der Waals surface area contributed by atoms with E-state index in [0.717, 1.165) is 49.0 Å². The van der Waals surface area contributed by atoms with E-state index in [2.05, 4.69) is 50.1 Å². The van der Waals surface area contributed by atoms with Crippen molar-refractivity contribution in [3.05, 3.63) is 35.4 Å². The monoisotopic (exact) mass is 272 g/mol. The summed E-state index contributed by atoms with van der Waals surface area (Å²) in [4.78, 5) is 0. The number of aromatic nitrogens is 2. The predicted octanol–water partition coefficient (Wildman–Crippen LogP) is 4.32. The molecule has 3 nitrogen and oxygen atoms in total. The highest BCUT2D eigenvalue weighted by molar-refractivity contribution is 5.65. The molecule has 1 aromatic carbocycles. The first-order valence-corrected chi connectivity index (χ1v) is 7.53. The van der Waals surface area contributed by atoms with Crippen LogP contribution in [0.15, 0.2) is 24.3 Å². The molecule has 0 radical (unpaired) electrons. The van der Waals surface area contributed by atoms with Crippen LogP contribution in [0.3, 0.4) is 0 Å². The van der Waals surface area contributed by atoms with Gasteiger partial charge >= 0.3 is 0 Å². The number of unbranched alkanes of at least 4 members (excludes halogenated alkanes) is 1. The fraction of sp³-hybridized carbons (Fsp3) is 0.471. The molecule has 2 rings (SSSR count). The normalized spacial score (nSPS) is 10.9. The highest BCUT2D eigenvalue weighted by Crippen LogP contribution is 2.31. The van der Waals surface area contributed by atoms with Crippen LogP contribution in [0.25, 0.3) is 11.3 Å². The minimum absolute atomic E-state index is 0.343. The lowest BCUT2D eigenvalue weighted by Gasteiger charge is -2.03. The van der Waals surface area contributed by atoms with Crippen LogP contribution in [-0.4, -0.2) is 14.9 Å². The van der Waals surface area contributed by atoms with Gasteiger partial charge in [-0.05, 0) is 26.2 Å². The molecule has 2 aromatic rings. The molecule has 108 valence electrons. The van der Waals surface area contributed by atoms with E-state index in [9.17, 15) is 5.11 Å². The third kappa shape index (κ3) is 3.03. The maximum Gasteiger partial charge on any atom is 0.213 e. The number of hydrogen-bond acceptors (Lipinski definition) is 2. The third-order valence-electron chi connectivity index (χ3n) is 3.56. The van der Waals surface area contributed by atoms with E-state index in [-0.39, 0.29) is 0 Å². The Balaban J connectivity index is 2.43. The van der Waals surface area contributed by atoms with Crippen LogP contribution in [-0.2, 0) is 13.0 Å². The Morgan fingerprint density at radius 1 is 1.10 bits per heavy atom. The fourth-order valence-corrected chi connectivity index (χ4v) is 2.38. The van der Waals surface area contributed by atoms with Crippen LogP contribution in [0.2, 0.25) is 0 Å². The lowest BCUT2D eigenvalue weighted by atomic mass is 10.0. The van der Waals surface area contributed by atoms with Crippen molar-refractivity contribution < 1.29 is 5.11 Å². The van der Waals surface area contributed by atoms with Crippen molar-refractivity contribution in [1.29, 1.82) is 0 Å². The van der Waals surface area contributed by atoms with Crippen LogP contribution >= 0.6 is 0 Å². The quantitative estimate of drug-likeness (QED) is 0.850. The second-order valence-electron chi connectivity index (χ2n) is 5.34. The number of rotatable bonds is 6. The molecule has 0 fully saturated rings. The van der Waals surface area contributed by atoms with Crippen molar-refractivity contribution in [2.45, 2.75) is 53.0 Å². The second-order valence-corrected chi connectivity index (χ2v) is 5.34. The zero-order valence-electron chi connectivity index (χ0n) is 12.7. The number of aryl methyl sites for hydroxylation is 2. The van der Waals surface area contributed by atoms with Crippen molar-refractivity contribution in [3.63, 3.8) is 0 Å². The Morgan fingerprint density at radius 2 is 1.80 bits per heavy atom. The molecule has 0 aliphatic carbocycles. The molecule has 0 unspecified atom stereocenters. The summed E-state index contributed by atoms with van der Waals surface area (Å²) >= 11 is 0. The van der Waals surface area contributed by atoms with Crippen LogP contribution < -0.4 is 0 Å². The summed E-state index contributed by atoms with van der Waals surface area (Å²) in [6.45, 7) is 7.10. The Bertz CT molecular complexity index is 555. The first kappa shape index (κ1) is 14.6. The summed E-state index contributed by atoms with van der Waals surface area (Å²) in [5.41, 5.74) is 4.25. The van der Waals surface area contributed by atoms with Gasteiger partial charge in [-0.15, -0.1) is 0 Å². The molecular weight excluding hydrogens is 248 g/mol. The van der Waals surface area contributed by atoms with Crippen LogP contribution in [0.4, 0.5) is 0 Å². The average molecular weight is 272 g/mol. The summed E-state index contributed by atoms with van der Waals surface area (Å²) < 4.78 is 1.74. The number of nitrogens with zero attached hydrogens (tertiary/aromatic N) is 2. The second kappa shape index (κ2) is 6.60. The first-order valence-electron chi connectivity index (χ1n) is 7.53. The molecule has 0 aliphatic heterocycles. The molecule has 0 aliphatic rings. The summed E-state index contributed by atoms with van der Waals surface area (Å²) in [7, 11) is 0. The maximum absolute atomic E-state index is 10.4. The Morgan fingerprint density at radius 3 is 2.40 bits per heavy atom. The molecule has 0 saturated heterocycles. The molecule has 0 atom stereocenters. The summed E-state index contributed by atoms with van der Waals surface area (Å²) in [6.07, 6.45) is 4.04. The number of aromatic hydroxyl groups is 1. The molecule has 1 aromatic heterocycles. The Hall–Kier alpha value is -1.77. The fourth-order valence-electron chi connectivity index (χ4n) is 2.38. The van der Waals surface area contributed by atoms with Gasteiger partial charge in [0.1, 0.15) is 0 Å². The van der Waals surface area contributed by atoms with Crippen molar-refractivity contribution in [2.75, 3.05) is 0 Å². The smallest absolute Gasteiger partial charge is 0.213 e. The van der Waals surface area contributed by atoms with Crippen LogP contribution in [0, 0.1) is 6.92 Å². The van der Waals surface area contributed by atoms with E-state index in [1.54, 1.807) is 4.68 Å². The predicted molar refractivity (Wildman–Crippen MR) is 83.0 cm³/mol. The van der Waals surface area contributed by atoms with E-state index >= 15 is 0 Å². The third-order valence-corrected chi connectivity index (χ3v) is 3.56. The van der Waals surface area contributed by atoms with Gasteiger partial charge in [0.2, 0.25) is 5.88 Å². The molecule has 3 heteroatoms. The highest BCUT2D eigenvalue weighted by atomic mass is 16.3. The van der Waals surface area contributed by atoms with Gasteiger partial charge in [-0.25, -0.2) is 4.68 Å². The largest absolute Gasteiger partial charge is 0.493 e. The zero-order valence-corrected chi connectivity index (χ0v) is 12.7. The van der Waals surface area contributed by atoms with Crippen molar-refractivity contribution in [3.8, 4) is 17.1 Å². The molecule has 1 N–H and O–H groups in total. The maximum atomic E-state index is 10.4. The Kier molecular flexibility index (Phi) is 4.83. The van der Waals surface area contributed by atoms with Crippen molar-refractivity contribution >= 4 is 0 Å². The molecular formula is C17H24N2O. The van der Waals surface area contributed by atoms with Gasteiger partial charge in [-0.2, -0.15) is 5.10 Å².